The van der Waals surface area contributed by atoms with Crippen molar-refractivity contribution in [1.82, 2.24) is 9.97 Å². The van der Waals surface area contributed by atoms with Crippen LogP contribution in [-0.2, 0) is 5.75 Å². The Hall–Kier alpha value is -0.810. The molecule has 5 heteroatoms. The van der Waals surface area contributed by atoms with Crippen LogP contribution < -0.4 is 5.73 Å². The summed E-state index contributed by atoms with van der Waals surface area (Å²) in [4.78, 5) is 8.06. The molecule has 1 rings (SSSR count). The number of anilines is 1. The summed E-state index contributed by atoms with van der Waals surface area (Å²) >= 11 is 1.65. The SMILES string of the molecule is CC(O)C(C)SCc1cnc(N)cn1. The predicted octanol–water partition coefficient (Wildman–Crippen LogP) is 1.06. The molecule has 0 radical (unpaired) electrons. The number of aliphatic hydroxyl groups is 1. The van der Waals surface area contributed by atoms with E-state index in [1.54, 1.807) is 31.1 Å². The average Bonchev–Trinajstić information content (AvgIpc) is 2.16. The first-order valence-corrected chi connectivity index (χ1v) is 5.50. The largest absolute Gasteiger partial charge is 0.392 e. The predicted molar refractivity (Wildman–Crippen MR) is 58.9 cm³/mol. The molecule has 1 aromatic rings. The van der Waals surface area contributed by atoms with Gasteiger partial charge in [0.2, 0.25) is 0 Å². The van der Waals surface area contributed by atoms with Crippen LogP contribution in [-0.4, -0.2) is 26.4 Å². The number of thioether (sulfide) groups is 1. The van der Waals surface area contributed by atoms with E-state index in [-0.39, 0.29) is 11.4 Å². The maximum absolute atomic E-state index is 9.27. The lowest BCUT2D eigenvalue weighted by Crippen LogP contribution is -2.15. The third-order valence-electron chi connectivity index (χ3n) is 1.90. The van der Waals surface area contributed by atoms with Crippen LogP contribution in [0.3, 0.4) is 0 Å². The van der Waals surface area contributed by atoms with Crippen molar-refractivity contribution in [2.75, 3.05) is 5.73 Å². The van der Waals surface area contributed by atoms with Gasteiger partial charge < -0.3 is 10.8 Å². The Labute approximate surface area is 88.0 Å². The topological polar surface area (TPSA) is 72.0 Å². The second-order valence-corrected chi connectivity index (χ2v) is 4.55. The van der Waals surface area contributed by atoms with Crippen LogP contribution in [0.5, 0.6) is 0 Å². The van der Waals surface area contributed by atoms with Gasteiger partial charge in [0.05, 0.1) is 24.2 Å². The number of aromatic nitrogens is 2. The zero-order valence-electron chi connectivity index (χ0n) is 8.34. The highest BCUT2D eigenvalue weighted by Gasteiger charge is 2.09. The first kappa shape index (κ1) is 11.3. The Morgan fingerprint density at radius 2 is 2.14 bits per heavy atom. The number of nitrogens with two attached hydrogens (primary N) is 1. The quantitative estimate of drug-likeness (QED) is 0.782. The van der Waals surface area contributed by atoms with E-state index in [4.69, 9.17) is 5.73 Å². The van der Waals surface area contributed by atoms with Crippen molar-refractivity contribution in [1.29, 1.82) is 0 Å². The molecule has 1 heterocycles. The molecule has 0 saturated heterocycles. The molecule has 0 aliphatic heterocycles. The second kappa shape index (κ2) is 5.17. The van der Waals surface area contributed by atoms with Gasteiger partial charge in [-0.05, 0) is 6.92 Å². The molecular formula is C9H15N3OS. The molecule has 0 saturated carbocycles. The Kier molecular flexibility index (Phi) is 4.16. The summed E-state index contributed by atoms with van der Waals surface area (Å²) in [5, 5.41) is 9.47. The van der Waals surface area contributed by atoms with Crippen LogP contribution in [0.4, 0.5) is 5.82 Å². The molecule has 0 aliphatic rings. The summed E-state index contributed by atoms with van der Waals surface area (Å²) in [6, 6.07) is 0. The summed E-state index contributed by atoms with van der Waals surface area (Å²) in [5.41, 5.74) is 6.30. The van der Waals surface area contributed by atoms with E-state index in [1.807, 2.05) is 6.92 Å². The fraction of sp³-hybridized carbons (Fsp3) is 0.556. The van der Waals surface area contributed by atoms with Gasteiger partial charge in [-0.3, -0.25) is 4.98 Å². The fourth-order valence-corrected chi connectivity index (χ4v) is 1.66. The minimum Gasteiger partial charge on any atom is -0.392 e. The van der Waals surface area contributed by atoms with Gasteiger partial charge in [-0.15, -0.1) is 11.8 Å². The van der Waals surface area contributed by atoms with E-state index in [1.165, 1.54) is 0 Å². The van der Waals surface area contributed by atoms with E-state index >= 15 is 0 Å². The highest BCUT2D eigenvalue weighted by molar-refractivity contribution is 7.99. The normalized spacial score (nSPS) is 15.1. The van der Waals surface area contributed by atoms with Gasteiger partial charge in [0, 0.05) is 11.0 Å². The van der Waals surface area contributed by atoms with Gasteiger partial charge in [-0.2, -0.15) is 0 Å². The number of rotatable bonds is 4. The van der Waals surface area contributed by atoms with Crippen molar-refractivity contribution in [3.05, 3.63) is 18.1 Å². The number of hydrogen-bond donors (Lipinski definition) is 2. The first-order chi connectivity index (χ1) is 6.59. The molecule has 0 spiro atoms. The lowest BCUT2D eigenvalue weighted by atomic mass is 10.3. The molecule has 4 nitrogen and oxygen atoms in total. The van der Waals surface area contributed by atoms with Gasteiger partial charge in [-0.25, -0.2) is 4.98 Å². The fourth-order valence-electron chi connectivity index (χ4n) is 0.795. The number of nitrogens with zero attached hydrogens (tertiary/aromatic N) is 2. The van der Waals surface area contributed by atoms with Gasteiger partial charge >= 0.3 is 0 Å². The molecule has 0 aliphatic carbocycles. The molecule has 3 N–H and O–H groups in total. The minimum atomic E-state index is -0.304. The van der Waals surface area contributed by atoms with Crippen molar-refractivity contribution in [2.24, 2.45) is 0 Å². The average molecular weight is 213 g/mol. The van der Waals surface area contributed by atoms with E-state index in [9.17, 15) is 5.11 Å². The Morgan fingerprint density at radius 1 is 1.43 bits per heavy atom. The van der Waals surface area contributed by atoms with Crippen LogP contribution in [0, 0.1) is 0 Å². The summed E-state index contributed by atoms with van der Waals surface area (Å²) in [6.07, 6.45) is 2.90. The Morgan fingerprint density at radius 3 is 2.64 bits per heavy atom. The molecule has 2 unspecified atom stereocenters. The van der Waals surface area contributed by atoms with Gasteiger partial charge in [0.15, 0.2) is 0 Å². The summed E-state index contributed by atoms with van der Waals surface area (Å²) < 4.78 is 0. The van der Waals surface area contributed by atoms with Crippen LogP contribution in [0.25, 0.3) is 0 Å². The van der Waals surface area contributed by atoms with E-state index in [2.05, 4.69) is 9.97 Å². The van der Waals surface area contributed by atoms with Gasteiger partial charge in [0.25, 0.3) is 0 Å². The smallest absolute Gasteiger partial charge is 0.141 e. The Bertz CT molecular complexity index is 276. The highest BCUT2D eigenvalue weighted by atomic mass is 32.2. The molecule has 1 aromatic heterocycles. The second-order valence-electron chi connectivity index (χ2n) is 3.19. The van der Waals surface area contributed by atoms with Crippen molar-refractivity contribution in [2.45, 2.75) is 31.0 Å². The third-order valence-corrected chi connectivity index (χ3v) is 3.28. The van der Waals surface area contributed by atoms with Crippen molar-refractivity contribution in [3.8, 4) is 0 Å². The third kappa shape index (κ3) is 3.51. The molecule has 78 valence electrons. The number of hydrogen-bond acceptors (Lipinski definition) is 5. The number of aliphatic hydroxyl groups excluding tert-OH is 1. The molecule has 0 fully saturated rings. The van der Waals surface area contributed by atoms with Crippen molar-refractivity contribution < 1.29 is 5.11 Å². The van der Waals surface area contributed by atoms with E-state index in [0.29, 0.717) is 5.82 Å². The highest BCUT2D eigenvalue weighted by Crippen LogP contribution is 2.18. The van der Waals surface area contributed by atoms with Crippen LogP contribution in [0.15, 0.2) is 12.4 Å². The maximum Gasteiger partial charge on any atom is 0.141 e. The molecular weight excluding hydrogens is 198 g/mol. The molecule has 2 atom stereocenters. The molecule has 0 aromatic carbocycles. The van der Waals surface area contributed by atoms with E-state index < -0.39 is 0 Å². The van der Waals surface area contributed by atoms with Gasteiger partial charge in [0.1, 0.15) is 5.82 Å². The van der Waals surface area contributed by atoms with Crippen LogP contribution in [0.2, 0.25) is 0 Å². The van der Waals surface area contributed by atoms with Crippen molar-refractivity contribution in [3.63, 3.8) is 0 Å². The molecule has 0 bridgehead atoms. The summed E-state index contributed by atoms with van der Waals surface area (Å²) in [7, 11) is 0. The van der Waals surface area contributed by atoms with E-state index in [0.717, 1.165) is 11.4 Å². The molecule has 14 heavy (non-hydrogen) atoms. The van der Waals surface area contributed by atoms with Crippen LogP contribution in [0.1, 0.15) is 19.5 Å². The summed E-state index contributed by atoms with van der Waals surface area (Å²) in [5.74, 6) is 1.18. The standard InChI is InChI=1S/C9H15N3OS/c1-6(13)7(2)14-5-8-3-12-9(10)4-11-8/h3-4,6-7,13H,5H2,1-2H3,(H2,10,12). The van der Waals surface area contributed by atoms with Gasteiger partial charge in [-0.1, -0.05) is 6.92 Å². The molecule has 0 amide bonds. The summed E-state index contributed by atoms with van der Waals surface area (Å²) in [6.45, 7) is 3.77. The number of nitrogen functional groups attached to an aromatic ring is 1. The lowest BCUT2D eigenvalue weighted by molar-refractivity contribution is 0.196. The minimum absolute atomic E-state index is 0.203. The zero-order valence-corrected chi connectivity index (χ0v) is 9.16. The monoisotopic (exact) mass is 213 g/mol. The van der Waals surface area contributed by atoms with Crippen LogP contribution >= 0.6 is 11.8 Å². The lowest BCUT2D eigenvalue weighted by Gasteiger charge is -2.13. The zero-order chi connectivity index (χ0) is 10.6. The van der Waals surface area contributed by atoms with Crippen molar-refractivity contribution >= 4 is 17.6 Å². The first-order valence-electron chi connectivity index (χ1n) is 4.45. The Balaban J connectivity index is 2.42. The maximum atomic E-state index is 9.27.